The van der Waals surface area contributed by atoms with E-state index in [0.717, 1.165) is 18.2 Å². The highest BCUT2D eigenvalue weighted by atomic mass is 19.2. The van der Waals surface area contributed by atoms with Crippen molar-refractivity contribution in [1.82, 2.24) is 9.78 Å². The third kappa shape index (κ3) is 3.41. The largest absolute Gasteiger partial charge is 0.306 e. The summed E-state index contributed by atoms with van der Waals surface area (Å²) in [4.78, 5) is 22.5. The Morgan fingerprint density at radius 2 is 1.81 bits per heavy atom. The summed E-state index contributed by atoms with van der Waals surface area (Å²) in [5.74, 6) is -2.54. The van der Waals surface area contributed by atoms with E-state index in [0.29, 0.717) is 11.4 Å². The lowest BCUT2D eigenvalue weighted by molar-refractivity contribution is -0.384. The van der Waals surface area contributed by atoms with Gasteiger partial charge >= 0.3 is 0 Å². The fourth-order valence-corrected chi connectivity index (χ4v) is 2.33. The Hall–Kier alpha value is -3.62. The Kier molecular flexibility index (Phi) is 4.44. The van der Waals surface area contributed by atoms with Crippen LogP contribution in [0.4, 0.5) is 20.3 Å². The van der Waals surface area contributed by atoms with E-state index in [2.05, 4.69) is 10.4 Å². The quantitative estimate of drug-likeness (QED) is 0.570. The minimum Gasteiger partial charge on any atom is -0.306 e. The molecule has 9 heteroatoms. The second-order valence-electron chi connectivity index (χ2n) is 5.44. The lowest BCUT2D eigenvalue weighted by Gasteiger charge is -2.09. The third-order valence-corrected chi connectivity index (χ3v) is 3.56. The van der Waals surface area contributed by atoms with E-state index in [1.54, 1.807) is 13.0 Å². The fraction of sp³-hybridized carbons (Fsp3) is 0.0588. The van der Waals surface area contributed by atoms with E-state index in [4.69, 9.17) is 0 Å². The summed E-state index contributed by atoms with van der Waals surface area (Å²) in [5.41, 5.74) is 0.941. The van der Waals surface area contributed by atoms with Gasteiger partial charge in [-0.15, -0.1) is 0 Å². The van der Waals surface area contributed by atoms with Crippen molar-refractivity contribution in [3.63, 3.8) is 0 Å². The SMILES string of the molecule is Cc1cc(NC(=O)c2ccc(F)c(F)c2)n(-c2ccc([N+](=O)[O-])cc2)n1. The molecule has 7 nitrogen and oxygen atoms in total. The van der Waals surface area contributed by atoms with E-state index in [1.807, 2.05) is 0 Å². The molecule has 0 bridgehead atoms. The van der Waals surface area contributed by atoms with E-state index in [-0.39, 0.29) is 17.1 Å². The van der Waals surface area contributed by atoms with Crippen LogP contribution in [-0.2, 0) is 0 Å². The average Bonchev–Trinajstić information content (AvgIpc) is 2.97. The molecule has 3 rings (SSSR count). The number of hydrogen-bond acceptors (Lipinski definition) is 4. The maximum atomic E-state index is 13.3. The molecule has 0 spiro atoms. The molecule has 0 atom stereocenters. The van der Waals surface area contributed by atoms with Gasteiger partial charge in [0.25, 0.3) is 11.6 Å². The van der Waals surface area contributed by atoms with Crippen molar-refractivity contribution in [1.29, 1.82) is 0 Å². The summed E-state index contributed by atoms with van der Waals surface area (Å²) < 4.78 is 27.7. The number of non-ortho nitro benzene ring substituents is 1. The van der Waals surface area contributed by atoms with Crippen molar-refractivity contribution in [2.45, 2.75) is 6.92 Å². The summed E-state index contributed by atoms with van der Waals surface area (Å²) in [6.45, 7) is 1.70. The molecule has 0 fully saturated rings. The maximum absolute atomic E-state index is 13.3. The Morgan fingerprint density at radius 3 is 2.42 bits per heavy atom. The molecule has 0 aliphatic carbocycles. The third-order valence-electron chi connectivity index (χ3n) is 3.56. The first-order chi connectivity index (χ1) is 12.3. The predicted molar refractivity (Wildman–Crippen MR) is 89.3 cm³/mol. The number of halogens is 2. The van der Waals surface area contributed by atoms with Crippen LogP contribution in [0.25, 0.3) is 5.69 Å². The zero-order valence-corrected chi connectivity index (χ0v) is 13.4. The van der Waals surface area contributed by atoms with Crippen LogP contribution in [0.5, 0.6) is 0 Å². The molecule has 0 radical (unpaired) electrons. The lowest BCUT2D eigenvalue weighted by atomic mass is 10.2. The van der Waals surface area contributed by atoms with Gasteiger partial charge in [0.1, 0.15) is 5.82 Å². The first-order valence-corrected chi connectivity index (χ1v) is 7.43. The topological polar surface area (TPSA) is 90.1 Å². The van der Waals surface area contributed by atoms with Gasteiger partial charge < -0.3 is 5.32 Å². The normalized spacial score (nSPS) is 10.6. The first kappa shape index (κ1) is 17.2. The Morgan fingerprint density at radius 1 is 1.12 bits per heavy atom. The number of aromatic nitrogens is 2. The number of anilines is 1. The summed E-state index contributed by atoms with van der Waals surface area (Å²) in [6.07, 6.45) is 0. The summed E-state index contributed by atoms with van der Waals surface area (Å²) in [7, 11) is 0. The van der Waals surface area contributed by atoms with Gasteiger partial charge in [0, 0.05) is 23.8 Å². The minimum absolute atomic E-state index is 0.0574. The van der Waals surface area contributed by atoms with Crippen LogP contribution in [-0.4, -0.2) is 20.6 Å². The van der Waals surface area contributed by atoms with Crippen LogP contribution in [0.1, 0.15) is 16.1 Å². The molecular formula is C17H12F2N4O3. The Labute approximate surface area is 146 Å². The molecule has 2 aromatic carbocycles. The number of benzene rings is 2. The van der Waals surface area contributed by atoms with Crippen LogP contribution in [0.2, 0.25) is 0 Å². The van der Waals surface area contributed by atoms with Crippen LogP contribution in [0, 0.1) is 28.7 Å². The van der Waals surface area contributed by atoms with E-state index in [9.17, 15) is 23.7 Å². The van der Waals surface area contributed by atoms with Crippen molar-refractivity contribution in [3.05, 3.63) is 81.5 Å². The molecular weight excluding hydrogens is 346 g/mol. The molecule has 0 saturated heterocycles. The van der Waals surface area contributed by atoms with Crippen molar-refractivity contribution in [2.24, 2.45) is 0 Å². The van der Waals surface area contributed by atoms with Crippen molar-refractivity contribution >= 4 is 17.4 Å². The zero-order chi connectivity index (χ0) is 18.8. The predicted octanol–water partition coefficient (Wildman–Crippen LogP) is 3.62. The first-order valence-electron chi connectivity index (χ1n) is 7.43. The highest BCUT2D eigenvalue weighted by Gasteiger charge is 2.15. The van der Waals surface area contributed by atoms with Crippen molar-refractivity contribution in [3.8, 4) is 5.69 Å². The van der Waals surface area contributed by atoms with Crippen LogP contribution < -0.4 is 5.32 Å². The summed E-state index contributed by atoms with van der Waals surface area (Å²) >= 11 is 0. The number of amides is 1. The Balaban J connectivity index is 1.90. The van der Waals surface area contributed by atoms with Gasteiger partial charge in [0.15, 0.2) is 11.6 Å². The number of carbonyl (C=O) groups is 1. The molecule has 26 heavy (non-hydrogen) atoms. The molecule has 1 aromatic heterocycles. The van der Waals surface area contributed by atoms with Gasteiger partial charge in [-0.1, -0.05) is 0 Å². The number of nitro groups is 1. The maximum Gasteiger partial charge on any atom is 0.269 e. The number of rotatable bonds is 4. The number of nitro benzene ring substituents is 1. The second-order valence-corrected chi connectivity index (χ2v) is 5.44. The molecule has 0 unspecified atom stereocenters. The van der Waals surface area contributed by atoms with E-state index in [1.165, 1.54) is 28.9 Å². The molecule has 0 aliphatic rings. The molecule has 1 heterocycles. The fourth-order valence-electron chi connectivity index (χ4n) is 2.33. The van der Waals surface area contributed by atoms with E-state index >= 15 is 0 Å². The number of nitrogens with zero attached hydrogens (tertiary/aromatic N) is 3. The minimum atomic E-state index is -1.13. The van der Waals surface area contributed by atoms with Crippen molar-refractivity contribution in [2.75, 3.05) is 5.32 Å². The Bertz CT molecular complexity index is 1000. The highest BCUT2D eigenvalue weighted by Crippen LogP contribution is 2.21. The average molecular weight is 358 g/mol. The molecule has 1 N–H and O–H groups in total. The van der Waals surface area contributed by atoms with Crippen molar-refractivity contribution < 1.29 is 18.5 Å². The monoisotopic (exact) mass is 358 g/mol. The molecule has 1 amide bonds. The van der Waals surface area contributed by atoms with Gasteiger partial charge in [-0.2, -0.15) is 5.10 Å². The van der Waals surface area contributed by atoms with Gasteiger partial charge in [0.05, 0.1) is 16.3 Å². The van der Waals surface area contributed by atoms with Gasteiger partial charge in [0.2, 0.25) is 0 Å². The zero-order valence-electron chi connectivity index (χ0n) is 13.4. The highest BCUT2D eigenvalue weighted by molar-refractivity contribution is 6.04. The second kappa shape index (κ2) is 6.71. The lowest BCUT2D eigenvalue weighted by Crippen LogP contribution is -2.15. The number of nitrogens with one attached hydrogen (secondary N) is 1. The number of aryl methyl sites for hydroxylation is 1. The van der Waals surface area contributed by atoms with Crippen LogP contribution in [0.15, 0.2) is 48.5 Å². The van der Waals surface area contributed by atoms with Gasteiger partial charge in [-0.25, -0.2) is 13.5 Å². The number of carbonyl (C=O) groups excluding carboxylic acids is 1. The summed E-state index contributed by atoms with van der Waals surface area (Å²) in [5, 5.41) is 17.5. The van der Waals surface area contributed by atoms with Crippen LogP contribution >= 0.6 is 0 Å². The molecule has 132 valence electrons. The standard InChI is InChI=1S/C17H12F2N4O3/c1-10-8-16(20-17(24)11-2-7-14(18)15(19)9-11)22(21-10)12-3-5-13(6-4-12)23(25)26/h2-9H,1H3,(H,20,24). The van der Waals surface area contributed by atoms with Gasteiger partial charge in [-0.3, -0.25) is 14.9 Å². The molecule has 3 aromatic rings. The van der Waals surface area contributed by atoms with Gasteiger partial charge in [-0.05, 0) is 37.3 Å². The smallest absolute Gasteiger partial charge is 0.269 e. The summed E-state index contributed by atoms with van der Waals surface area (Å²) in [6, 6.07) is 10.00. The molecule has 0 saturated carbocycles. The van der Waals surface area contributed by atoms with E-state index < -0.39 is 22.5 Å². The molecule has 0 aliphatic heterocycles. The van der Waals surface area contributed by atoms with Crippen LogP contribution in [0.3, 0.4) is 0 Å². The number of hydrogen-bond donors (Lipinski definition) is 1.